The lowest BCUT2D eigenvalue weighted by Gasteiger charge is -2.42. The van der Waals surface area contributed by atoms with Gasteiger partial charge in [0.2, 0.25) is 0 Å². The van der Waals surface area contributed by atoms with E-state index in [-0.39, 0.29) is 0 Å². The van der Waals surface area contributed by atoms with Gasteiger partial charge in [0.05, 0.1) is 12.7 Å². The first-order valence-corrected chi connectivity index (χ1v) is 7.18. The zero-order chi connectivity index (χ0) is 13.0. The van der Waals surface area contributed by atoms with Crippen LogP contribution in [0.2, 0.25) is 0 Å². The molecule has 18 heavy (non-hydrogen) atoms. The topological polar surface area (TPSA) is 33.7 Å². The molecule has 2 fully saturated rings. The Morgan fingerprint density at radius 1 is 1.50 bits per heavy atom. The van der Waals surface area contributed by atoms with Crippen LogP contribution in [-0.4, -0.2) is 64.1 Å². The van der Waals surface area contributed by atoms with Crippen LogP contribution >= 0.6 is 0 Å². The number of hydrogen-bond acceptors (Lipinski definition) is 4. The Kier molecular flexibility index (Phi) is 5.01. The number of hydrogen-bond donors (Lipinski definition) is 1. The molecule has 0 aliphatic carbocycles. The number of rotatable bonds is 5. The van der Waals surface area contributed by atoms with E-state index in [1.54, 1.807) is 0 Å². The van der Waals surface area contributed by atoms with Crippen molar-refractivity contribution in [1.82, 2.24) is 10.2 Å². The minimum Gasteiger partial charge on any atom is -0.381 e. The van der Waals surface area contributed by atoms with Crippen molar-refractivity contribution in [1.29, 1.82) is 0 Å². The molecule has 2 rings (SSSR count). The number of ether oxygens (including phenoxy) is 2. The molecule has 3 unspecified atom stereocenters. The maximum atomic E-state index is 5.64. The lowest BCUT2D eigenvalue weighted by molar-refractivity contribution is -0.00272. The second kappa shape index (κ2) is 6.33. The van der Waals surface area contributed by atoms with Gasteiger partial charge in [-0.25, -0.2) is 0 Å². The van der Waals surface area contributed by atoms with Crippen molar-refractivity contribution in [2.45, 2.75) is 38.3 Å². The van der Waals surface area contributed by atoms with Crippen LogP contribution in [-0.2, 0) is 9.47 Å². The molecule has 1 N–H and O–H groups in total. The monoisotopic (exact) mass is 256 g/mol. The van der Waals surface area contributed by atoms with Gasteiger partial charge in [-0.15, -0.1) is 0 Å². The summed E-state index contributed by atoms with van der Waals surface area (Å²) >= 11 is 0. The van der Waals surface area contributed by atoms with Crippen molar-refractivity contribution in [2.75, 3.05) is 47.0 Å². The summed E-state index contributed by atoms with van der Waals surface area (Å²) in [6, 6.07) is 0.623. The fourth-order valence-electron chi connectivity index (χ4n) is 3.40. The molecule has 4 nitrogen and oxygen atoms in total. The Balaban J connectivity index is 1.91. The smallest absolute Gasteiger partial charge is 0.0598 e. The first kappa shape index (κ1) is 14.3. The number of likely N-dealkylation sites (tertiary alicyclic amines) is 1. The standard InChI is InChI=1S/C14H28N2O2/c1-12-8-13(17-3)4-6-16(12)10-14(9-15-2)5-7-18-11-14/h12-13,15H,4-11H2,1-3H3. The first-order valence-electron chi connectivity index (χ1n) is 7.18. The average molecular weight is 256 g/mol. The van der Waals surface area contributed by atoms with Gasteiger partial charge in [0.1, 0.15) is 0 Å². The van der Waals surface area contributed by atoms with Gasteiger partial charge in [0.25, 0.3) is 0 Å². The van der Waals surface area contributed by atoms with Gasteiger partial charge in [-0.3, -0.25) is 4.90 Å². The normalized spacial score (nSPS) is 38.2. The Hall–Kier alpha value is -0.160. The van der Waals surface area contributed by atoms with Crippen LogP contribution in [0.3, 0.4) is 0 Å². The van der Waals surface area contributed by atoms with Crippen LogP contribution in [0.15, 0.2) is 0 Å². The number of piperidine rings is 1. The zero-order valence-electron chi connectivity index (χ0n) is 12.1. The highest BCUT2D eigenvalue weighted by Gasteiger charge is 2.38. The van der Waals surface area contributed by atoms with E-state index in [9.17, 15) is 0 Å². The molecule has 0 saturated carbocycles. The van der Waals surface area contributed by atoms with Crippen molar-refractivity contribution < 1.29 is 9.47 Å². The van der Waals surface area contributed by atoms with Crippen molar-refractivity contribution in [3.8, 4) is 0 Å². The Morgan fingerprint density at radius 3 is 2.89 bits per heavy atom. The minimum atomic E-state index is 0.322. The molecule has 0 radical (unpaired) electrons. The number of nitrogens with zero attached hydrogens (tertiary/aromatic N) is 1. The van der Waals surface area contributed by atoms with E-state index in [0.717, 1.165) is 45.7 Å². The van der Waals surface area contributed by atoms with Crippen LogP contribution in [0.25, 0.3) is 0 Å². The van der Waals surface area contributed by atoms with E-state index in [4.69, 9.17) is 9.47 Å². The van der Waals surface area contributed by atoms with Gasteiger partial charge in [0.15, 0.2) is 0 Å². The fraction of sp³-hybridized carbons (Fsp3) is 1.00. The zero-order valence-corrected chi connectivity index (χ0v) is 12.1. The van der Waals surface area contributed by atoms with Gasteiger partial charge >= 0.3 is 0 Å². The van der Waals surface area contributed by atoms with E-state index in [2.05, 4.69) is 17.1 Å². The Bertz CT molecular complexity index is 254. The molecule has 0 bridgehead atoms. The maximum absolute atomic E-state index is 5.64. The Morgan fingerprint density at radius 2 is 2.33 bits per heavy atom. The highest BCUT2D eigenvalue weighted by molar-refractivity contribution is 4.91. The summed E-state index contributed by atoms with van der Waals surface area (Å²) in [5, 5.41) is 3.34. The third-order valence-electron chi connectivity index (χ3n) is 4.57. The predicted octanol–water partition coefficient (Wildman–Crippen LogP) is 1.11. The molecule has 2 saturated heterocycles. The molecule has 0 amide bonds. The minimum absolute atomic E-state index is 0.322. The van der Waals surface area contributed by atoms with E-state index in [1.165, 1.54) is 6.42 Å². The second-order valence-electron chi connectivity index (χ2n) is 6.03. The van der Waals surface area contributed by atoms with Crippen LogP contribution in [0.1, 0.15) is 26.2 Å². The Labute approximate surface area is 111 Å². The molecule has 2 aliphatic rings. The predicted molar refractivity (Wildman–Crippen MR) is 72.9 cm³/mol. The van der Waals surface area contributed by atoms with Crippen molar-refractivity contribution in [2.24, 2.45) is 5.41 Å². The van der Waals surface area contributed by atoms with Crippen LogP contribution in [0.4, 0.5) is 0 Å². The maximum Gasteiger partial charge on any atom is 0.0598 e. The van der Waals surface area contributed by atoms with Gasteiger partial charge in [-0.1, -0.05) is 0 Å². The van der Waals surface area contributed by atoms with Gasteiger partial charge in [-0.05, 0) is 33.2 Å². The van der Waals surface area contributed by atoms with Gasteiger partial charge < -0.3 is 14.8 Å². The molecule has 3 atom stereocenters. The van der Waals surface area contributed by atoms with Gasteiger partial charge in [-0.2, -0.15) is 0 Å². The summed E-state index contributed by atoms with van der Waals surface area (Å²) in [6.07, 6.45) is 3.96. The molecule has 0 aromatic heterocycles. The van der Waals surface area contributed by atoms with Crippen LogP contribution in [0, 0.1) is 5.41 Å². The highest BCUT2D eigenvalue weighted by atomic mass is 16.5. The average Bonchev–Trinajstić information content (AvgIpc) is 2.81. The molecule has 2 heterocycles. The highest BCUT2D eigenvalue weighted by Crippen LogP contribution is 2.31. The molecule has 106 valence electrons. The molecular weight excluding hydrogens is 228 g/mol. The van der Waals surface area contributed by atoms with Crippen LogP contribution in [0.5, 0.6) is 0 Å². The van der Waals surface area contributed by atoms with Crippen molar-refractivity contribution in [3.05, 3.63) is 0 Å². The van der Waals surface area contributed by atoms with Gasteiger partial charge in [0, 0.05) is 44.8 Å². The number of methoxy groups -OCH3 is 1. The van der Waals surface area contributed by atoms with E-state index in [0.29, 0.717) is 17.6 Å². The molecule has 4 heteroatoms. The summed E-state index contributed by atoms with van der Waals surface area (Å²) in [4.78, 5) is 2.63. The summed E-state index contributed by atoms with van der Waals surface area (Å²) in [5.41, 5.74) is 0.322. The summed E-state index contributed by atoms with van der Waals surface area (Å²) in [6.45, 7) is 7.53. The lowest BCUT2D eigenvalue weighted by Crippen LogP contribution is -2.51. The quantitative estimate of drug-likeness (QED) is 0.799. The molecule has 0 spiro atoms. The molecule has 0 aromatic rings. The largest absolute Gasteiger partial charge is 0.381 e. The van der Waals surface area contributed by atoms with E-state index < -0.39 is 0 Å². The molecule has 2 aliphatic heterocycles. The summed E-state index contributed by atoms with van der Waals surface area (Å²) < 4.78 is 11.1. The van der Waals surface area contributed by atoms with Crippen molar-refractivity contribution >= 4 is 0 Å². The second-order valence-corrected chi connectivity index (χ2v) is 6.03. The summed E-state index contributed by atoms with van der Waals surface area (Å²) in [7, 11) is 3.88. The molecular formula is C14H28N2O2. The molecule has 0 aromatic carbocycles. The first-order chi connectivity index (χ1) is 8.69. The lowest BCUT2D eigenvalue weighted by atomic mass is 9.85. The fourth-order valence-corrected chi connectivity index (χ4v) is 3.40. The summed E-state index contributed by atoms with van der Waals surface area (Å²) in [5.74, 6) is 0. The van der Waals surface area contributed by atoms with E-state index >= 15 is 0 Å². The third kappa shape index (κ3) is 3.23. The van der Waals surface area contributed by atoms with E-state index in [1.807, 2.05) is 14.2 Å². The van der Waals surface area contributed by atoms with Crippen molar-refractivity contribution in [3.63, 3.8) is 0 Å². The number of nitrogens with one attached hydrogen (secondary N) is 1. The SMILES string of the molecule is CNCC1(CN2CCC(OC)CC2C)CCOC1. The third-order valence-corrected chi connectivity index (χ3v) is 4.57. The van der Waals surface area contributed by atoms with Crippen LogP contribution < -0.4 is 5.32 Å².